The highest BCUT2D eigenvalue weighted by Crippen LogP contribution is 2.34. The zero-order valence-electron chi connectivity index (χ0n) is 10.6. The van der Waals surface area contributed by atoms with Crippen molar-refractivity contribution in [1.82, 2.24) is 4.90 Å². The van der Waals surface area contributed by atoms with Crippen LogP contribution in [0.1, 0.15) is 45.4 Å². The highest BCUT2D eigenvalue weighted by molar-refractivity contribution is 5.79. The van der Waals surface area contributed by atoms with E-state index >= 15 is 0 Å². The maximum Gasteiger partial charge on any atom is 0.389 e. The molecule has 0 aromatic carbocycles. The Morgan fingerprint density at radius 3 is 2.61 bits per heavy atom. The molecule has 0 aromatic rings. The smallest absolute Gasteiger partial charge is 0.389 e. The van der Waals surface area contributed by atoms with Crippen molar-refractivity contribution >= 4 is 5.97 Å². The van der Waals surface area contributed by atoms with Crippen LogP contribution in [0.4, 0.5) is 13.2 Å². The molecule has 106 valence electrons. The largest absolute Gasteiger partial charge is 0.480 e. The first kappa shape index (κ1) is 15.3. The Hall–Kier alpha value is -0.780. The number of nitrogens with zero attached hydrogens (tertiary/aromatic N) is 1. The molecule has 0 amide bonds. The van der Waals surface area contributed by atoms with Gasteiger partial charge < -0.3 is 5.11 Å². The molecule has 0 radical (unpaired) electrons. The van der Waals surface area contributed by atoms with Crippen LogP contribution < -0.4 is 0 Å². The van der Waals surface area contributed by atoms with Crippen LogP contribution >= 0.6 is 0 Å². The van der Waals surface area contributed by atoms with Crippen LogP contribution in [0.25, 0.3) is 0 Å². The summed E-state index contributed by atoms with van der Waals surface area (Å²) in [5.41, 5.74) is -0.930. The molecule has 0 aromatic heterocycles. The van der Waals surface area contributed by atoms with Gasteiger partial charge in [0.15, 0.2) is 0 Å². The molecule has 18 heavy (non-hydrogen) atoms. The van der Waals surface area contributed by atoms with Crippen molar-refractivity contribution in [1.29, 1.82) is 0 Å². The zero-order valence-corrected chi connectivity index (χ0v) is 10.6. The van der Waals surface area contributed by atoms with Crippen LogP contribution in [0.2, 0.25) is 0 Å². The van der Waals surface area contributed by atoms with Gasteiger partial charge in [0.1, 0.15) is 5.54 Å². The molecule has 0 saturated carbocycles. The molecule has 1 atom stereocenters. The number of carbonyl (C=O) groups is 1. The predicted octanol–water partition coefficient (Wildman–Crippen LogP) is 3.05. The highest BCUT2D eigenvalue weighted by atomic mass is 19.4. The molecule has 1 N–H and O–H groups in total. The first-order valence-electron chi connectivity index (χ1n) is 6.37. The summed E-state index contributed by atoms with van der Waals surface area (Å²) in [7, 11) is 0. The van der Waals surface area contributed by atoms with Crippen LogP contribution in [0.15, 0.2) is 0 Å². The molecule has 1 heterocycles. The minimum Gasteiger partial charge on any atom is -0.480 e. The molecule has 1 saturated heterocycles. The molecule has 0 spiro atoms. The van der Waals surface area contributed by atoms with Crippen molar-refractivity contribution < 1.29 is 23.1 Å². The Balaban J connectivity index is 2.60. The Bertz CT molecular complexity index is 294. The fraction of sp³-hybridized carbons (Fsp3) is 0.917. The molecular weight excluding hydrogens is 247 g/mol. The van der Waals surface area contributed by atoms with Gasteiger partial charge in [-0.2, -0.15) is 13.2 Å². The van der Waals surface area contributed by atoms with E-state index in [0.717, 1.165) is 12.8 Å². The molecule has 0 bridgehead atoms. The zero-order chi connectivity index (χ0) is 13.8. The molecule has 0 aliphatic carbocycles. The average molecular weight is 267 g/mol. The number of halogens is 3. The summed E-state index contributed by atoms with van der Waals surface area (Å²) in [6.45, 7) is 2.70. The predicted molar refractivity (Wildman–Crippen MR) is 61.4 cm³/mol. The normalized spacial score (nSPS) is 25.6. The maximum absolute atomic E-state index is 12.1. The molecule has 6 heteroatoms. The minimum absolute atomic E-state index is 0.0256. The van der Waals surface area contributed by atoms with Gasteiger partial charge in [-0.25, -0.2) is 0 Å². The monoisotopic (exact) mass is 267 g/mol. The standard InChI is InChI=1S/C12H20F3NO2/c1-2-5-11(10(17)18)6-3-8-16(11)9-4-7-12(13,14)15/h2-9H2,1H3,(H,17,18). The number of hydrogen-bond donors (Lipinski definition) is 1. The lowest BCUT2D eigenvalue weighted by molar-refractivity contribution is -0.151. The number of carboxylic acid groups (broad SMARTS) is 1. The topological polar surface area (TPSA) is 40.5 Å². The number of carboxylic acids is 1. The summed E-state index contributed by atoms with van der Waals surface area (Å²) >= 11 is 0. The third-order valence-corrected chi connectivity index (χ3v) is 3.57. The first-order valence-corrected chi connectivity index (χ1v) is 6.37. The fourth-order valence-electron chi connectivity index (χ4n) is 2.78. The maximum atomic E-state index is 12.1. The van der Waals surface area contributed by atoms with Crippen molar-refractivity contribution in [3.8, 4) is 0 Å². The summed E-state index contributed by atoms with van der Waals surface area (Å²) < 4.78 is 36.3. The first-order chi connectivity index (χ1) is 8.32. The van der Waals surface area contributed by atoms with E-state index in [0.29, 0.717) is 19.4 Å². The minimum atomic E-state index is -4.16. The van der Waals surface area contributed by atoms with Gasteiger partial charge in [0.25, 0.3) is 0 Å². The summed E-state index contributed by atoms with van der Waals surface area (Å²) in [5, 5.41) is 9.36. The van der Waals surface area contributed by atoms with Gasteiger partial charge in [-0.3, -0.25) is 9.69 Å². The van der Waals surface area contributed by atoms with Crippen LogP contribution in [0, 0.1) is 0 Å². The van der Waals surface area contributed by atoms with E-state index in [2.05, 4.69) is 0 Å². The van der Waals surface area contributed by atoms with Gasteiger partial charge in [-0.15, -0.1) is 0 Å². The van der Waals surface area contributed by atoms with Crippen molar-refractivity contribution in [3.05, 3.63) is 0 Å². The Labute approximate surface area is 105 Å². The van der Waals surface area contributed by atoms with E-state index in [9.17, 15) is 23.1 Å². The number of rotatable bonds is 6. The fourth-order valence-corrected chi connectivity index (χ4v) is 2.78. The second kappa shape index (κ2) is 5.91. The quantitative estimate of drug-likeness (QED) is 0.804. The van der Waals surface area contributed by atoms with E-state index < -0.39 is 24.1 Å². The number of likely N-dealkylation sites (tertiary alicyclic amines) is 1. The summed E-state index contributed by atoms with van der Waals surface area (Å²) in [6.07, 6.45) is -2.50. The van der Waals surface area contributed by atoms with Crippen molar-refractivity contribution in [2.45, 2.75) is 57.2 Å². The van der Waals surface area contributed by atoms with Gasteiger partial charge in [-0.05, 0) is 38.8 Å². The van der Waals surface area contributed by atoms with E-state index in [-0.39, 0.29) is 13.0 Å². The average Bonchev–Trinajstić information content (AvgIpc) is 2.61. The van der Waals surface area contributed by atoms with Gasteiger partial charge in [0, 0.05) is 6.42 Å². The molecule has 1 aliphatic rings. The lowest BCUT2D eigenvalue weighted by Gasteiger charge is -2.34. The Morgan fingerprint density at radius 1 is 1.44 bits per heavy atom. The molecule has 1 fully saturated rings. The van der Waals surface area contributed by atoms with Gasteiger partial charge in [-0.1, -0.05) is 13.3 Å². The van der Waals surface area contributed by atoms with E-state index in [1.807, 2.05) is 6.92 Å². The molecule has 1 unspecified atom stereocenters. The third-order valence-electron chi connectivity index (χ3n) is 3.57. The van der Waals surface area contributed by atoms with Crippen LogP contribution in [-0.2, 0) is 4.79 Å². The van der Waals surface area contributed by atoms with Crippen LogP contribution in [0.5, 0.6) is 0 Å². The lowest BCUT2D eigenvalue weighted by Crippen LogP contribution is -2.50. The lowest BCUT2D eigenvalue weighted by atomic mass is 9.90. The second-order valence-electron chi connectivity index (χ2n) is 4.90. The van der Waals surface area contributed by atoms with Crippen molar-refractivity contribution in [3.63, 3.8) is 0 Å². The van der Waals surface area contributed by atoms with Crippen molar-refractivity contribution in [2.75, 3.05) is 13.1 Å². The second-order valence-corrected chi connectivity index (χ2v) is 4.90. The molecule has 3 nitrogen and oxygen atoms in total. The SMILES string of the molecule is CCCC1(C(=O)O)CCCN1CCCC(F)(F)F. The Morgan fingerprint density at radius 2 is 2.11 bits per heavy atom. The number of alkyl halides is 3. The van der Waals surface area contributed by atoms with E-state index in [1.54, 1.807) is 4.90 Å². The number of aliphatic carboxylic acids is 1. The highest BCUT2D eigenvalue weighted by Gasteiger charge is 2.46. The molecule has 1 rings (SSSR count). The van der Waals surface area contributed by atoms with Gasteiger partial charge >= 0.3 is 12.1 Å². The summed E-state index contributed by atoms with van der Waals surface area (Å²) in [4.78, 5) is 13.1. The molecular formula is C12H20F3NO2. The van der Waals surface area contributed by atoms with Gasteiger partial charge in [0.2, 0.25) is 0 Å². The third kappa shape index (κ3) is 3.60. The number of hydrogen-bond acceptors (Lipinski definition) is 2. The van der Waals surface area contributed by atoms with Crippen LogP contribution in [-0.4, -0.2) is 40.8 Å². The molecule has 1 aliphatic heterocycles. The van der Waals surface area contributed by atoms with E-state index in [4.69, 9.17) is 0 Å². The van der Waals surface area contributed by atoms with E-state index in [1.165, 1.54) is 0 Å². The van der Waals surface area contributed by atoms with Crippen LogP contribution in [0.3, 0.4) is 0 Å². The van der Waals surface area contributed by atoms with Gasteiger partial charge in [0.05, 0.1) is 0 Å². The van der Waals surface area contributed by atoms with Crippen molar-refractivity contribution in [2.24, 2.45) is 0 Å². The summed E-state index contributed by atoms with van der Waals surface area (Å²) in [5.74, 6) is -0.895. The Kier molecular flexibility index (Phi) is 5.01. The summed E-state index contributed by atoms with van der Waals surface area (Å²) in [6, 6.07) is 0.